The molecule has 0 fully saturated rings. The van der Waals surface area contributed by atoms with Crippen LogP contribution >= 0.6 is 11.8 Å². The van der Waals surface area contributed by atoms with Crippen LogP contribution in [0.25, 0.3) is 0 Å². The van der Waals surface area contributed by atoms with Crippen LogP contribution in [0.5, 0.6) is 0 Å². The maximum Gasteiger partial charge on any atom is 0.264 e. The number of fused-ring (bicyclic) bond motifs is 2. The highest BCUT2D eigenvalue weighted by atomic mass is 32.2. The molecule has 0 aliphatic carbocycles. The van der Waals surface area contributed by atoms with Crippen molar-refractivity contribution >= 4 is 27.5 Å². The second-order valence-corrected chi connectivity index (χ2v) is 10.4. The smallest absolute Gasteiger partial charge is 0.264 e. The van der Waals surface area contributed by atoms with E-state index in [1.165, 1.54) is 36.4 Å². The third-order valence-electron chi connectivity index (χ3n) is 5.64. The number of benzene rings is 2. The van der Waals surface area contributed by atoms with Crippen LogP contribution in [0.2, 0.25) is 0 Å². The summed E-state index contributed by atoms with van der Waals surface area (Å²) in [6, 6.07) is 13.5. The van der Waals surface area contributed by atoms with Crippen molar-refractivity contribution in [3.8, 4) is 0 Å². The maximum atomic E-state index is 13.4. The lowest BCUT2D eigenvalue weighted by molar-refractivity contribution is 0.539. The van der Waals surface area contributed by atoms with E-state index in [0.717, 1.165) is 34.7 Å². The number of para-hydroxylation sites is 1. The van der Waals surface area contributed by atoms with Gasteiger partial charge in [-0.05, 0) is 48.5 Å². The number of hydrogen-bond donors (Lipinski definition) is 1. The predicted molar refractivity (Wildman–Crippen MR) is 123 cm³/mol. The minimum absolute atomic E-state index is 0.132. The molecule has 2 aromatic rings. The zero-order valence-corrected chi connectivity index (χ0v) is 19.3. The molecule has 4 nitrogen and oxygen atoms in total. The summed E-state index contributed by atoms with van der Waals surface area (Å²) in [5, 5.41) is 3.66. The molecule has 0 aromatic heterocycles. The Balaban J connectivity index is 1.92. The Labute approximate surface area is 180 Å². The Morgan fingerprint density at radius 1 is 1.00 bits per heavy atom. The molecule has 6 heteroatoms. The van der Waals surface area contributed by atoms with E-state index in [2.05, 4.69) is 12.2 Å². The molecule has 0 bridgehead atoms. The van der Waals surface area contributed by atoms with Crippen LogP contribution in [0.15, 0.2) is 52.3 Å². The van der Waals surface area contributed by atoms with Gasteiger partial charge in [0.2, 0.25) is 0 Å². The van der Waals surface area contributed by atoms with Crippen LogP contribution in [0.4, 0.5) is 5.69 Å². The molecule has 29 heavy (non-hydrogen) atoms. The van der Waals surface area contributed by atoms with Crippen molar-refractivity contribution in [2.24, 2.45) is 0 Å². The van der Waals surface area contributed by atoms with Gasteiger partial charge in [0.25, 0.3) is 10.0 Å². The Kier molecular flexibility index (Phi) is 7.66. The summed E-state index contributed by atoms with van der Waals surface area (Å²) >= 11 is 1.56. The molecule has 1 atom stereocenters. The SMILES string of the molecule is CCCCCCCCNC1c2ccccc2N(C)S(=O)(=O)c2cc(SC)ccc21. The Hall–Kier alpha value is -1.50. The Bertz CT molecular complexity index is 928. The number of nitrogens with zero attached hydrogens (tertiary/aromatic N) is 1. The summed E-state index contributed by atoms with van der Waals surface area (Å²) < 4.78 is 28.2. The van der Waals surface area contributed by atoms with E-state index in [9.17, 15) is 8.42 Å². The number of hydrogen-bond acceptors (Lipinski definition) is 4. The first kappa shape index (κ1) is 22.2. The second kappa shape index (κ2) is 10.0. The van der Waals surface area contributed by atoms with Gasteiger partial charge in [0.15, 0.2) is 0 Å². The van der Waals surface area contributed by atoms with Gasteiger partial charge in [0.1, 0.15) is 0 Å². The number of thioether (sulfide) groups is 1. The molecule has 2 aromatic carbocycles. The van der Waals surface area contributed by atoms with Crippen molar-refractivity contribution in [1.82, 2.24) is 5.32 Å². The molecular weight excluding hydrogens is 400 g/mol. The molecular formula is C23H32N2O2S2. The summed E-state index contributed by atoms with van der Waals surface area (Å²) in [6.45, 7) is 3.11. The monoisotopic (exact) mass is 432 g/mol. The van der Waals surface area contributed by atoms with E-state index in [0.29, 0.717) is 4.90 Å². The fraction of sp³-hybridized carbons (Fsp3) is 0.478. The summed E-state index contributed by atoms with van der Waals surface area (Å²) in [7, 11) is -1.95. The molecule has 1 N–H and O–H groups in total. The summed E-state index contributed by atoms with van der Waals surface area (Å²) in [6.07, 6.45) is 9.40. The summed E-state index contributed by atoms with van der Waals surface area (Å²) in [5.74, 6) is 0. The first-order valence-corrected chi connectivity index (χ1v) is 13.2. The van der Waals surface area contributed by atoms with Crippen molar-refractivity contribution < 1.29 is 8.42 Å². The minimum atomic E-state index is -3.60. The molecule has 158 valence electrons. The van der Waals surface area contributed by atoms with Crippen LogP contribution in [0.3, 0.4) is 0 Å². The molecule has 1 unspecified atom stereocenters. The lowest BCUT2D eigenvalue weighted by Gasteiger charge is -2.22. The lowest BCUT2D eigenvalue weighted by Crippen LogP contribution is -2.26. The van der Waals surface area contributed by atoms with E-state index >= 15 is 0 Å². The van der Waals surface area contributed by atoms with Crippen LogP contribution in [0.1, 0.15) is 62.6 Å². The van der Waals surface area contributed by atoms with Crippen LogP contribution < -0.4 is 9.62 Å². The van der Waals surface area contributed by atoms with Gasteiger partial charge in [-0.3, -0.25) is 4.31 Å². The molecule has 0 radical (unpaired) electrons. The maximum absolute atomic E-state index is 13.4. The van der Waals surface area contributed by atoms with Crippen molar-refractivity contribution in [1.29, 1.82) is 0 Å². The number of anilines is 1. The van der Waals surface area contributed by atoms with Gasteiger partial charge >= 0.3 is 0 Å². The fourth-order valence-electron chi connectivity index (χ4n) is 3.94. The van der Waals surface area contributed by atoms with Gasteiger partial charge in [0.05, 0.1) is 16.6 Å². The Morgan fingerprint density at radius 3 is 2.48 bits per heavy atom. The molecule has 0 amide bonds. The highest BCUT2D eigenvalue weighted by Crippen LogP contribution is 2.41. The van der Waals surface area contributed by atoms with Crippen molar-refractivity contribution in [3.05, 3.63) is 53.6 Å². The zero-order chi connectivity index (χ0) is 20.9. The van der Waals surface area contributed by atoms with Gasteiger partial charge in [-0.15, -0.1) is 11.8 Å². The molecule has 0 spiro atoms. The summed E-state index contributed by atoms with van der Waals surface area (Å²) in [4.78, 5) is 1.37. The largest absolute Gasteiger partial charge is 0.306 e. The van der Waals surface area contributed by atoms with Gasteiger partial charge in [0, 0.05) is 11.9 Å². The van der Waals surface area contributed by atoms with Gasteiger partial charge in [-0.1, -0.05) is 63.3 Å². The highest BCUT2D eigenvalue weighted by molar-refractivity contribution is 7.98. The second-order valence-electron chi connectivity index (χ2n) is 7.59. The average Bonchev–Trinajstić information content (AvgIpc) is 2.80. The Morgan fingerprint density at radius 2 is 1.72 bits per heavy atom. The van der Waals surface area contributed by atoms with Crippen LogP contribution in [0, 0.1) is 0 Å². The minimum Gasteiger partial charge on any atom is -0.306 e. The van der Waals surface area contributed by atoms with Crippen LogP contribution in [-0.2, 0) is 10.0 Å². The standard InChI is InChI=1S/C23H32N2O2S2/c1-4-5-6-7-8-11-16-24-23-19-12-9-10-13-21(19)25(2)29(26,27)22-17-18(28-3)14-15-20(22)23/h9-10,12-15,17,23-24H,4-8,11,16H2,1-3H3. The lowest BCUT2D eigenvalue weighted by atomic mass is 9.96. The topological polar surface area (TPSA) is 49.4 Å². The van der Waals surface area contributed by atoms with E-state index in [4.69, 9.17) is 0 Å². The number of nitrogens with one attached hydrogen (secondary N) is 1. The van der Waals surface area contributed by atoms with Crippen molar-refractivity contribution in [2.75, 3.05) is 24.2 Å². The third-order valence-corrected chi connectivity index (χ3v) is 8.19. The van der Waals surface area contributed by atoms with Gasteiger partial charge < -0.3 is 5.32 Å². The zero-order valence-electron chi connectivity index (χ0n) is 17.6. The molecule has 0 saturated carbocycles. The quantitative estimate of drug-likeness (QED) is 0.415. The van der Waals surface area contributed by atoms with Gasteiger partial charge in [-0.25, -0.2) is 8.42 Å². The molecule has 0 saturated heterocycles. The summed E-state index contributed by atoms with van der Waals surface area (Å²) in [5.41, 5.74) is 2.60. The van der Waals surface area contributed by atoms with Crippen molar-refractivity contribution in [2.45, 2.75) is 61.3 Å². The third kappa shape index (κ3) is 4.81. The first-order valence-electron chi connectivity index (χ1n) is 10.5. The molecule has 1 heterocycles. The molecule has 3 rings (SSSR count). The predicted octanol–water partition coefficient (Wildman–Crippen LogP) is 5.59. The number of rotatable bonds is 9. The fourth-order valence-corrected chi connectivity index (χ4v) is 5.93. The van der Waals surface area contributed by atoms with Crippen molar-refractivity contribution in [3.63, 3.8) is 0 Å². The average molecular weight is 433 g/mol. The van der Waals surface area contributed by atoms with E-state index in [1.54, 1.807) is 18.8 Å². The van der Waals surface area contributed by atoms with E-state index in [1.807, 2.05) is 48.7 Å². The molecule has 1 aliphatic rings. The number of sulfonamides is 1. The van der Waals surface area contributed by atoms with Crippen LogP contribution in [-0.4, -0.2) is 28.3 Å². The molecule has 1 aliphatic heterocycles. The normalized spacial score (nSPS) is 17.5. The highest BCUT2D eigenvalue weighted by Gasteiger charge is 2.34. The number of unbranched alkanes of at least 4 members (excludes halogenated alkanes) is 5. The first-order chi connectivity index (χ1) is 14.0. The van der Waals surface area contributed by atoms with Gasteiger partial charge in [-0.2, -0.15) is 0 Å². The van der Waals surface area contributed by atoms with E-state index < -0.39 is 10.0 Å². The van der Waals surface area contributed by atoms with E-state index in [-0.39, 0.29) is 6.04 Å².